The Morgan fingerprint density at radius 2 is 2.00 bits per heavy atom. The third-order valence-electron chi connectivity index (χ3n) is 2.66. The van der Waals surface area contributed by atoms with E-state index in [9.17, 15) is 9.18 Å². The van der Waals surface area contributed by atoms with Crippen LogP contribution in [0.15, 0.2) is 24.3 Å². The Morgan fingerprint density at radius 1 is 1.44 bits per heavy atom. The Labute approximate surface area is 95.0 Å². The number of nitrogens with zero attached hydrogens (tertiary/aromatic N) is 1. The average molecular weight is 224 g/mol. The Kier molecular flexibility index (Phi) is 4.43. The van der Waals surface area contributed by atoms with Crippen LogP contribution in [-0.2, 0) is 4.79 Å². The van der Waals surface area contributed by atoms with Gasteiger partial charge in [0.25, 0.3) is 0 Å². The van der Waals surface area contributed by atoms with Gasteiger partial charge in [0.15, 0.2) is 0 Å². The lowest BCUT2D eigenvalue weighted by atomic mass is 9.98. The summed E-state index contributed by atoms with van der Waals surface area (Å²) in [5.41, 5.74) is 6.35. The van der Waals surface area contributed by atoms with Crippen molar-refractivity contribution in [3.8, 4) is 0 Å². The van der Waals surface area contributed by atoms with Crippen molar-refractivity contribution in [2.75, 3.05) is 20.1 Å². The summed E-state index contributed by atoms with van der Waals surface area (Å²) in [6.07, 6.45) is 0. The van der Waals surface area contributed by atoms with E-state index in [1.54, 1.807) is 24.1 Å². The second-order valence-electron chi connectivity index (χ2n) is 3.69. The molecule has 0 aliphatic carbocycles. The highest BCUT2D eigenvalue weighted by atomic mass is 19.1. The molecule has 0 saturated carbocycles. The molecule has 0 heterocycles. The summed E-state index contributed by atoms with van der Waals surface area (Å²) in [6, 6.07) is 5.90. The normalized spacial score (nSPS) is 12.2. The molecule has 0 saturated heterocycles. The van der Waals surface area contributed by atoms with E-state index in [4.69, 9.17) is 5.73 Å². The molecular formula is C12H17FN2O. The van der Waals surface area contributed by atoms with E-state index in [0.29, 0.717) is 6.54 Å². The molecule has 0 bridgehead atoms. The summed E-state index contributed by atoms with van der Waals surface area (Å²) in [5.74, 6) is -0.724. The van der Waals surface area contributed by atoms with Gasteiger partial charge in [0.05, 0.1) is 5.92 Å². The third-order valence-corrected chi connectivity index (χ3v) is 2.66. The second kappa shape index (κ2) is 5.61. The molecule has 1 atom stereocenters. The van der Waals surface area contributed by atoms with Gasteiger partial charge in [0, 0.05) is 20.1 Å². The predicted octanol–water partition coefficient (Wildman–Crippen LogP) is 1.35. The average Bonchev–Trinajstić information content (AvgIpc) is 2.31. The van der Waals surface area contributed by atoms with Crippen LogP contribution in [0, 0.1) is 5.82 Å². The Bertz CT molecular complexity index is 351. The quantitative estimate of drug-likeness (QED) is 0.839. The number of likely N-dealkylation sites (N-methyl/N-ethyl adjacent to an activating group) is 1. The van der Waals surface area contributed by atoms with Gasteiger partial charge in [-0.15, -0.1) is 0 Å². The van der Waals surface area contributed by atoms with Crippen LogP contribution in [0.3, 0.4) is 0 Å². The van der Waals surface area contributed by atoms with Crippen molar-refractivity contribution in [1.82, 2.24) is 4.90 Å². The highest BCUT2D eigenvalue weighted by Crippen LogP contribution is 2.17. The van der Waals surface area contributed by atoms with Crippen molar-refractivity contribution >= 4 is 5.91 Å². The lowest BCUT2D eigenvalue weighted by molar-refractivity contribution is -0.131. The fraction of sp³-hybridized carbons (Fsp3) is 0.417. The molecule has 0 spiro atoms. The van der Waals surface area contributed by atoms with Gasteiger partial charge in [0.1, 0.15) is 5.82 Å². The lowest BCUT2D eigenvalue weighted by Gasteiger charge is -2.21. The van der Waals surface area contributed by atoms with E-state index in [1.165, 1.54) is 12.1 Å². The molecule has 2 N–H and O–H groups in total. The monoisotopic (exact) mass is 224 g/mol. The van der Waals surface area contributed by atoms with Crippen LogP contribution in [-0.4, -0.2) is 30.9 Å². The van der Waals surface area contributed by atoms with Crippen LogP contribution in [0.2, 0.25) is 0 Å². The van der Waals surface area contributed by atoms with Gasteiger partial charge in [-0.25, -0.2) is 4.39 Å². The molecule has 1 aromatic rings. The van der Waals surface area contributed by atoms with Crippen molar-refractivity contribution < 1.29 is 9.18 Å². The number of carbonyl (C=O) groups excluding carboxylic acids is 1. The molecule has 0 aliphatic rings. The van der Waals surface area contributed by atoms with Gasteiger partial charge in [-0.2, -0.15) is 0 Å². The summed E-state index contributed by atoms with van der Waals surface area (Å²) in [4.78, 5) is 13.6. The molecule has 4 heteroatoms. The number of nitrogens with two attached hydrogens (primary N) is 1. The summed E-state index contributed by atoms with van der Waals surface area (Å²) < 4.78 is 12.8. The van der Waals surface area contributed by atoms with Crippen LogP contribution in [0.4, 0.5) is 4.39 Å². The van der Waals surface area contributed by atoms with Gasteiger partial charge >= 0.3 is 0 Å². The van der Waals surface area contributed by atoms with Gasteiger partial charge in [0.2, 0.25) is 5.91 Å². The van der Waals surface area contributed by atoms with Crippen LogP contribution in [0.5, 0.6) is 0 Å². The summed E-state index contributed by atoms with van der Waals surface area (Å²) in [5, 5.41) is 0. The first-order chi connectivity index (χ1) is 7.60. The summed E-state index contributed by atoms with van der Waals surface area (Å²) in [7, 11) is 1.73. The predicted molar refractivity (Wildman–Crippen MR) is 61.5 cm³/mol. The van der Waals surface area contributed by atoms with E-state index in [0.717, 1.165) is 5.56 Å². The number of hydrogen-bond donors (Lipinski definition) is 1. The first kappa shape index (κ1) is 12.6. The molecule has 16 heavy (non-hydrogen) atoms. The van der Waals surface area contributed by atoms with Gasteiger partial charge < -0.3 is 10.6 Å². The van der Waals surface area contributed by atoms with Crippen molar-refractivity contribution in [1.29, 1.82) is 0 Å². The van der Waals surface area contributed by atoms with E-state index >= 15 is 0 Å². The number of halogens is 1. The second-order valence-corrected chi connectivity index (χ2v) is 3.69. The van der Waals surface area contributed by atoms with E-state index in [1.807, 2.05) is 6.92 Å². The molecule has 1 aromatic carbocycles. The summed E-state index contributed by atoms with van der Waals surface area (Å²) in [6.45, 7) is 2.77. The summed E-state index contributed by atoms with van der Waals surface area (Å²) >= 11 is 0. The minimum absolute atomic E-state index is 0.0309. The maximum Gasteiger partial charge on any atom is 0.231 e. The zero-order valence-corrected chi connectivity index (χ0v) is 9.61. The molecule has 0 fully saturated rings. The molecule has 1 unspecified atom stereocenters. The van der Waals surface area contributed by atoms with Gasteiger partial charge in [-0.05, 0) is 24.6 Å². The van der Waals surface area contributed by atoms with E-state index in [-0.39, 0.29) is 24.2 Å². The lowest BCUT2D eigenvalue weighted by Crippen LogP contribution is -2.35. The van der Waals surface area contributed by atoms with Crippen LogP contribution in [0.25, 0.3) is 0 Å². The molecule has 88 valence electrons. The van der Waals surface area contributed by atoms with E-state index in [2.05, 4.69) is 0 Å². The highest BCUT2D eigenvalue weighted by Gasteiger charge is 2.21. The van der Waals surface area contributed by atoms with Gasteiger partial charge in [-0.3, -0.25) is 4.79 Å². The Hall–Kier alpha value is -1.42. The topological polar surface area (TPSA) is 46.3 Å². The number of rotatable bonds is 4. The zero-order chi connectivity index (χ0) is 12.1. The highest BCUT2D eigenvalue weighted by molar-refractivity contribution is 5.83. The molecule has 1 rings (SSSR count). The minimum Gasteiger partial charge on any atom is -0.345 e. The van der Waals surface area contributed by atoms with Gasteiger partial charge in [-0.1, -0.05) is 12.1 Å². The first-order valence-corrected chi connectivity index (χ1v) is 5.30. The maximum atomic E-state index is 12.8. The van der Waals surface area contributed by atoms with Crippen LogP contribution in [0.1, 0.15) is 18.4 Å². The van der Waals surface area contributed by atoms with Crippen molar-refractivity contribution in [3.05, 3.63) is 35.6 Å². The minimum atomic E-state index is -0.384. The van der Waals surface area contributed by atoms with Crippen molar-refractivity contribution in [2.45, 2.75) is 12.8 Å². The van der Waals surface area contributed by atoms with Crippen LogP contribution >= 0.6 is 0 Å². The smallest absolute Gasteiger partial charge is 0.231 e. The molecule has 0 radical (unpaired) electrons. The SMILES string of the molecule is CCN(C)C(=O)C(CN)c1ccc(F)cc1. The molecule has 3 nitrogen and oxygen atoms in total. The fourth-order valence-electron chi connectivity index (χ4n) is 1.50. The third kappa shape index (κ3) is 2.79. The van der Waals surface area contributed by atoms with E-state index < -0.39 is 0 Å². The zero-order valence-electron chi connectivity index (χ0n) is 9.61. The molecule has 1 amide bonds. The standard InChI is InChI=1S/C12H17FN2O/c1-3-15(2)12(16)11(8-14)9-4-6-10(13)7-5-9/h4-7,11H,3,8,14H2,1-2H3. The van der Waals surface area contributed by atoms with Crippen molar-refractivity contribution in [2.24, 2.45) is 5.73 Å². The number of amides is 1. The Morgan fingerprint density at radius 3 is 2.44 bits per heavy atom. The number of carbonyl (C=O) groups is 1. The molecular weight excluding hydrogens is 207 g/mol. The van der Waals surface area contributed by atoms with Crippen LogP contribution < -0.4 is 5.73 Å². The molecule has 0 aliphatic heterocycles. The largest absolute Gasteiger partial charge is 0.345 e. The first-order valence-electron chi connectivity index (χ1n) is 5.30. The fourth-order valence-corrected chi connectivity index (χ4v) is 1.50. The Balaban J connectivity index is 2.90. The number of hydrogen-bond acceptors (Lipinski definition) is 2. The number of benzene rings is 1. The van der Waals surface area contributed by atoms with Crippen molar-refractivity contribution in [3.63, 3.8) is 0 Å². The molecule has 0 aromatic heterocycles. The maximum absolute atomic E-state index is 12.8.